The molecule has 1 amide bonds. The lowest BCUT2D eigenvalue weighted by molar-refractivity contribution is 0.102. The van der Waals surface area contributed by atoms with Gasteiger partial charge < -0.3 is 15.0 Å². The Morgan fingerprint density at radius 1 is 1.05 bits per heavy atom. The van der Waals surface area contributed by atoms with Gasteiger partial charge in [0.15, 0.2) is 5.65 Å². The third kappa shape index (κ3) is 4.21. The van der Waals surface area contributed by atoms with Crippen molar-refractivity contribution >= 4 is 33.7 Å². The molecule has 0 aliphatic carbocycles. The number of aromatic nitrogens is 6. The minimum absolute atomic E-state index is 0.326. The Hall–Kier alpha value is -5.56. The zero-order chi connectivity index (χ0) is 25.4. The van der Waals surface area contributed by atoms with Gasteiger partial charge in [-0.25, -0.2) is 15.0 Å². The number of hydrogen-bond acceptors (Lipinski definition) is 7. The number of rotatable bonds is 5. The number of nitrogens with one attached hydrogen (secondary N) is 2. The number of amides is 1. The Bertz CT molecular complexity index is 1780. The summed E-state index contributed by atoms with van der Waals surface area (Å²) in [5, 5.41) is 17.0. The fourth-order valence-corrected chi connectivity index (χ4v) is 3.89. The van der Waals surface area contributed by atoms with Crippen molar-refractivity contribution in [3.63, 3.8) is 0 Å². The molecule has 0 spiro atoms. The zero-order valence-electron chi connectivity index (χ0n) is 19.5. The van der Waals surface area contributed by atoms with Crippen LogP contribution in [0.3, 0.4) is 0 Å². The van der Waals surface area contributed by atoms with E-state index in [-0.39, 0.29) is 5.91 Å². The van der Waals surface area contributed by atoms with Gasteiger partial charge in [-0.3, -0.25) is 4.79 Å². The highest BCUT2D eigenvalue weighted by Crippen LogP contribution is 2.23. The number of aryl methyl sites for hydroxylation is 1. The molecule has 10 nitrogen and oxygen atoms in total. The number of para-hydroxylation sites is 2. The van der Waals surface area contributed by atoms with Gasteiger partial charge in [0.05, 0.1) is 45.8 Å². The van der Waals surface area contributed by atoms with E-state index in [4.69, 9.17) is 10.00 Å². The van der Waals surface area contributed by atoms with E-state index in [2.05, 4.69) is 36.4 Å². The van der Waals surface area contributed by atoms with Crippen LogP contribution < -0.4 is 10.1 Å². The van der Waals surface area contributed by atoms with Gasteiger partial charge in [0, 0.05) is 17.6 Å². The van der Waals surface area contributed by atoms with Gasteiger partial charge in [-0.05, 0) is 55.5 Å². The number of ether oxygens (including phenoxy) is 1. The first-order valence-corrected chi connectivity index (χ1v) is 11.3. The van der Waals surface area contributed by atoms with E-state index in [1.807, 2.05) is 31.2 Å². The number of imidazole rings is 1. The molecule has 0 radical (unpaired) electrons. The first-order valence-electron chi connectivity index (χ1n) is 11.3. The molecule has 2 aromatic carbocycles. The maximum Gasteiger partial charge on any atom is 0.257 e. The molecule has 178 valence electrons. The lowest BCUT2D eigenvalue weighted by Crippen LogP contribution is -2.12. The lowest BCUT2D eigenvalue weighted by atomic mass is 10.2. The maximum absolute atomic E-state index is 12.9. The molecular weight excluding hydrogens is 468 g/mol. The molecule has 0 unspecified atom stereocenters. The number of carbonyl (C=O) groups is 1. The average molecular weight is 486 g/mol. The van der Waals surface area contributed by atoms with Crippen molar-refractivity contribution in [1.29, 1.82) is 5.26 Å². The van der Waals surface area contributed by atoms with Gasteiger partial charge in [0.25, 0.3) is 5.91 Å². The summed E-state index contributed by atoms with van der Waals surface area (Å²) in [5.74, 6) is 1.15. The van der Waals surface area contributed by atoms with Crippen molar-refractivity contribution in [2.24, 2.45) is 0 Å². The van der Waals surface area contributed by atoms with Crippen LogP contribution in [-0.4, -0.2) is 35.6 Å². The van der Waals surface area contributed by atoms with Gasteiger partial charge in [0.2, 0.25) is 11.8 Å². The number of hydrogen-bond donors (Lipinski definition) is 2. The number of benzene rings is 2. The number of nitrogens with zero attached hydrogens (tertiary/aromatic N) is 6. The Kier molecular flexibility index (Phi) is 5.28. The van der Waals surface area contributed by atoms with Crippen LogP contribution in [0.2, 0.25) is 0 Å². The van der Waals surface area contributed by atoms with E-state index < -0.39 is 0 Å². The summed E-state index contributed by atoms with van der Waals surface area (Å²) in [7, 11) is 0. The average Bonchev–Trinajstić information content (AvgIpc) is 3.51. The Balaban J connectivity index is 1.20. The van der Waals surface area contributed by atoms with Gasteiger partial charge >= 0.3 is 0 Å². The number of nitriles is 1. The van der Waals surface area contributed by atoms with Crippen LogP contribution in [0.5, 0.6) is 11.6 Å². The molecule has 2 N–H and O–H groups in total. The van der Waals surface area contributed by atoms with Crippen LogP contribution in [-0.2, 0) is 0 Å². The molecular formula is C27H18N8O2. The van der Waals surface area contributed by atoms with E-state index >= 15 is 0 Å². The molecule has 4 heterocycles. The Labute approximate surface area is 210 Å². The van der Waals surface area contributed by atoms with Crippen molar-refractivity contribution in [3.05, 3.63) is 95.9 Å². The van der Waals surface area contributed by atoms with Crippen molar-refractivity contribution < 1.29 is 9.53 Å². The minimum atomic E-state index is -0.326. The fraction of sp³-hybridized carbons (Fsp3) is 0.0370. The summed E-state index contributed by atoms with van der Waals surface area (Å²) in [6, 6.07) is 21.6. The number of aromatic amines is 1. The summed E-state index contributed by atoms with van der Waals surface area (Å²) >= 11 is 0. The molecule has 4 aromatic heterocycles. The van der Waals surface area contributed by atoms with Crippen molar-refractivity contribution in [2.75, 3.05) is 5.32 Å². The highest BCUT2D eigenvalue weighted by Gasteiger charge is 2.16. The topological polar surface area (TPSA) is 134 Å². The predicted octanol–water partition coefficient (Wildman–Crippen LogP) is 4.92. The third-order valence-corrected chi connectivity index (χ3v) is 5.75. The van der Waals surface area contributed by atoms with E-state index in [1.54, 1.807) is 47.1 Å². The number of pyridine rings is 2. The molecule has 0 aliphatic rings. The second-order valence-corrected chi connectivity index (χ2v) is 8.25. The van der Waals surface area contributed by atoms with Crippen LogP contribution in [0.1, 0.15) is 21.6 Å². The molecule has 6 aromatic rings. The highest BCUT2D eigenvalue weighted by atomic mass is 16.5. The molecule has 0 saturated carbocycles. The fourth-order valence-electron chi connectivity index (χ4n) is 3.89. The Morgan fingerprint density at radius 2 is 1.89 bits per heavy atom. The van der Waals surface area contributed by atoms with Gasteiger partial charge in [-0.1, -0.05) is 12.1 Å². The summed E-state index contributed by atoms with van der Waals surface area (Å²) < 4.78 is 7.32. The summed E-state index contributed by atoms with van der Waals surface area (Å²) in [6.07, 6.45) is 3.02. The summed E-state index contributed by atoms with van der Waals surface area (Å²) in [6.45, 7) is 1.86. The van der Waals surface area contributed by atoms with Crippen molar-refractivity contribution in [2.45, 2.75) is 6.92 Å². The number of H-pyrrole nitrogens is 1. The quantitative estimate of drug-likeness (QED) is 0.353. The van der Waals surface area contributed by atoms with E-state index in [9.17, 15) is 4.79 Å². The van der Waals surface area contributed by atoms with E-state index in [0.717, 1.165) is 22.1 Å². The van der Waals surface area contributed by atoms with Crippen LogP contribution in [0, 0.1) is 18.3 Å². The third-order valence-electron chi connectivity index (χ3n) is 5.75. The smallest absolute Gasteiger partial charge is 0.257 e. The van der Waals surface area contributed by atoms with Crippen molar-refractivity contribution in [1.82, 2.24) is 29.7 Å². The van der Waals surface area contributed by atoms with Crippen molar-refractivity contribution in [3.8, 4) is 23.6 Å². The molecule has 10 heteroatoms. The molecule has 0 atom stereocenters. The molecule has 0 fully saturated rings. The van der Waals surface area contributed by atoms with E-state index in [0.29, 0.717) is 40.0 Å². The molecule has 0 bridgehead atoms. The maximum atomic E-state index is 12.9. The number of anilines is 1. The second kappa shape index (κ2) is 8.90. The number of carbonyl (C=O) groups excluding carboxylic acids is 1. The van der Waals surface area contributed by atoms with E-state index in [1.165, 1.54) is 12.4 Å². The zero-order valence-corrected chi connectivity index (χ0v) is 19.5. The molecule has 37 heavy (non-hydrogen) atoms. The SMILES string of the molecule is Cc1nn(-c2nc3ccccc3[nH]2)c2ncc(C(=O)Nc3ccc(Oc4ccc(C#N)cc4)nc3)cc12. The predicted molar refractivity (Wildman–Crippen MR) is 137 cm³/mol. The molecule has 0 saturated heterocycles. The first kappa shape index (κ1) is 21.9. The number of fused-ring (bicyclic) bond motifs is 2. The van der Waals surface area contributed by atoms with Crippen LogP contribution in [0.15, 0.2) is 79.1 Å². The monoisotopic (exact) mass is 486 g/mol. The van der Waals surface area contributed by atoms with Crippen LogP contribution in [0.4, 0.5) is 5.69 Å². The molecule has 0 aliphatic heterocycles. The normalized spacial score (nSPS) is 10.9. The van der Waals surface area contributed by atoms with Gasteiger partial charge in [-0.15, -0.1) is 0 Å². The summed E-state index contributed by atoms with van der Waals surface area (Å²) in [5.41, 5.74) is 4.49. The van der Waals surface area contributed by atoms with Gasteiger partial charge in [-0.2, -0.15) is 15.0 Å². The summed E-state index contributed by atoms with van der Waals surface area (Å²) in [4.78, 5) is 29.5. The largest absolute Gasteiger partial charge is 0.439 e. The Morgan fingerprint density at radius 3 is 2.65 bits per heavy atom. The minimum Gasteiger partial charge on any atom is -0.439 e. The standard InChI is InChI=1S/C27H18N8O2/c1-16-21-12-18(14-30-25(21)35(34-16)27-32-22-4-2-3-5-23(22)33-27)26(36)31-19-8-11-24(29-15-19)37-20-9-6-17(13-28)7-10-20/h2-12,14-15H,1H3,(H,31,36)(H,32,33). The van der Waals surface area contributed by atoms with Gasteiger partial charge in [0.1, 0.15) is 5.75 Å². The first-order chi connectivity index (χ1) is 18.1. The lowest BCUT2D eigenvalue weighted by Gasteiger charge is -2.07. The van der Waals surface area contributed by atoms with Crippen LogP contribution >= 0.6 is 0 Å². The highest BCUT2D eigenvalue weighted by molar-refractivity contribution is 6.05. The molecule has 6 rings (SSSR count). The van der Waals surface area contributed by atoms with Crippen LogP contribution in [0.25, 0.3) is 28.0 Å². The second-order valence-electron chi connectivity index (χ2n) is 8.25.